The minimum Gasteiger partial charge on any atom is -0.277 e. The van der Waals surface area contributed by atoms with Gasteiger partial charge in [-0.2, -0.15) is 0 Å². The standard InChI is InChI=1S/C13H13FN2O3/c1-3-8-11(17)15-13(19)16(12(8)18)10-7(2)5-4-6-9(10)14/h4-6,8H,3H2,1-2H3,(H,15,17,19). The molecule has 1 aliphatic heterocycles. The molecule has 1 N–H and O–H groups in total. The molecule has 4 amide bonds. The summed E-state index contributed by atoms with van der Waals surface area (Å²) in [6.45, 7) is 3.25. The molecule has 1 unspecified atom stereocenters. The van der Waals surface area contributed by atoms with Crippen LogP contribution in [0.3, 0.4) is 0 Å². The van der Waals surface area contributed by atoms with E-state index in [0.29, 0.717) is 10.5 Å². The van der Waals surface area contributed by atoms with Crippen molar-refractivity contribution >= 4 is 23.5 Å². The topological polar surface area (TPSA) is 66.5 Å². The molecule has 5 nitrogen and oxygen atoms in total. The number of anilines is 1. The summed E-state index contributed by atoms with van der Waals surface area (Å²) in [5, 5.41) is 2.07. The maximum atomic E-state index is 13.9. The van der Waals surface area contributed by atoms with Crippen LogP contribution in [-0.4, -0.2) is 17.8 Å². The fourth-order valence-electron chi connectivity index (χ4n) is 2.09. The molecule has 0 spiro atoms. The zero-order valence-electron chi connectivity index (χ0n) is 10.6. The third-order valence-electron chi connectivity index (χ3n) is 3.09. The van der Waals surface area contributed by atoms with Crippen LogP contribution in [0.1, 0.15) is 18.9 Å². The number of nitrogens with zero attached hydrogens (tertiary/aromatic N) is 1. The van der Waals surface area contributed by atoms with Gasteiger partial charge < -0.3 is 0 Å². The van der Waals surface area contributed by atoms with E-state index in [1.54, 1.807) is 19.9 Å². The van der Waals surface area contributed by atoms with E-state index in [-0.39, 0.29) is 12.1 Å². The Labute approximate surface area is 109 Å². The van der Waals surface area contributed by atoms with Crippen LogP contribution in [-0.2, 0) is 9.59 Å². The van der Waals surface area contributed by atoms with Crippen LogP contribution in [0.4, 0.5) is 14.9 Å². The molecule has 1 aromatic carbocycles. The van der Waals surface area contributed by atoms with E-state index in [1.165, 1.54) is 12.1 Å². The number of benzene rings is 1. The largest absolute Gasteiger partial charge is 0.335 e. The zero-order chi connectivity index (χ0) is 14.2. The quantitative estimate of drug-likeness (QED) is 0.827. The zero-order valence-corrected chi connectivity index (χ0v) is 10.6. The Kier molecular flexibility index (Phi) is 3.33. The van der Waals surface area contributed by atoms with Crippen LogP contribution in [0.15, 0.2) is 18.2 Å². The number of para-hydroxylation sites is 1. The number of halogens is 1. The summed E-state index contributed by atoms with van der Waals surface area (Å²) < 4.78 is 13.9. The van der Waals surface area contributed by atoms with E-state index in [4.69, 9.17) is 0 Å². The Morgan fingerprint density at radius 3 is 2.58 bits per heavy atom. The number of rotatable bonds is 2. The lowest BCUT2D eigenvalue weighted by Crippen LogP contribution is -2.58. The lowest BCUT2D eigenvalue weighted by atomic mass is 10.0. The minimum atomic E-state index is -0.961. The number of nitrogens with one attached hydrogen (secondary N) is 1. The van der Waals surface area contributed by atoms with Crippen LogP contribution >= 0.6 is 0 Å². The molecule has 1 fully saturated rings. The number of urea groups is 1. The molecule has 1 atom stereocenters. The molecule has 1 aromatic rings. The molecule has 0 radical (unpaired) electrons. The first-order valence-corrected chi connectivity index (χ1v) is 5.91. The van der Waals surface area contributed by atoms with Crippen molar-refractivity contribution in [3.8, 4) is 0 Å². The van der Waals surface area contributed by atoms with Crippen molar-refractivity contribution in [2.45, 2.75) is 20.3 Å². The second kappa shape index (κ2) is 4.79. The van der Waals surface area contributed by atoms with Gasteiger partial charge in [0.1, 0.15) is 11.7 Å². The van der Waals surface area contributed by atoms with E-state index < -0.39 is 29.6 Å². The third kappa shape index (κ3) is 2.09. The van der Waals surface area contributed by atoms with Crippen molar-refractivity contribution < 1.29 is 18.8 Å². The predicted molar refractivity (Wildman–Crippen MR) is 65.9 cm³/mol. The smallest absolute Gasteiger partial charge is 0.277 e. The number of carbonyl (C=O) groups excluding carboxylic acids is 3. The third-order valence-corrected chi connectivity index (χ3v) is 3.09. The van der Waals surface area contributed by atoms with Crippen LogP contribution in [0, 0.1) is 18.7 Å². The Morgan fingerprint density at radius 1 is 1.32 bits per heavy atom. The minimum absolute atomic E-state index is 0.101. The van der Waals surface area contributed by atoms with Gasteiger partial charge in [-0.25, -0.2) is 14.1 Å². The van der Waals surface area contributed by atoms with E-state index in [2.05, 4.69) is 5.32 Å². The highest BCUT2D eigenvalue weighted by Gasteiger charge is 2.41. The Balaban J connectivity index is 2.51. The number of imide groups is 2. The highest BCUT2D eigenvalue weighted by molar-refractivity contribution is 6.27. The summed E-state index contributed by atoms with van der Waals surface area (Å²) in [6, 6.07) is 3.34. The fourth-order valence-corrected chi connectivity index (χ4v) is 2.09. The molecule has 1 saturated heterocycles. The maximum Gasteiger partial charge on any atom is 0.335 e. The average Bonchev–Trinajstić information content (AvgIpc) is 2.33. The molecule has 2 rings (SSSR count). The van der Waals surface area contributed by atoms with Crippen molar-refractivity contribution in [3.05, 3.63) is 29.6 Å². The average molecular weight is 264 g/mol. The van der Waals surface area contributed by atoms with Crippen molar-refractivity contribution in [1.29, 1.82) is 0 Å². The van der Waals surface area contributed by atoms with Crippen LogP contribution in [0.25, 0.3) is 0 Å². The molecule has 19 heavy (non-hydrogen) atoms. The number of carbonyl (C=O) groups is 3. The van der Waals surface area contributed by atoms with Gasteiger partial charge in [-0.15, -0.1) is 0 Å². The number of barbiturate groups is 1. The van der Waals surface area contributed by atoms with Crippen molar-refractivity contribution in [2.75, 3.05) is 4.90 Å². The van der Waals surface area contributed by atoms with Crippen LogP contribution in [0.2, 0.25) is 0 Å². The SMILES string of the molecule is CCC1C(=O)NC(=O)N(c2c(C)cccc2F)C1=O. The van der Waals surface area contributed by atoms with Gasteiger partial charge >= 0.3 is 6.03 Å². The second-order valence-electron chi connectivity index (χ2n) is 4.33. The number of hydrogen-bond acceptors (Lipinski definition) is 3. The van der Waals surface area contributed by atoms with E-state index in [9.17, 15) is 18.8 Å². The fraction of sp³-hybridized carbons (Fsp3) is 0.308. The van der Waals surface area contributed by atoms with Crippen molar-refractivity contribution in [2.24, 2.45) is 5.92 Å². The summed E-state index contributed by atoms with van der Waals surface area (Å²) in [6.07, 6.45) is 0.252. The van der Waals surface area contributed by atoms with Gasteiger partial charge in [0.25, 0.3) is 0 Å². The normalized spacial score (nSPS) is 19.6. The predicted octanol–water partition coefficient (Wildman–Crippen LogP) is 1.74. The van der Waals surface area contributed by atoms with Gasteiger partial charge in [-0.1, -0.05) is 19.1 Å². The van der Waals surface area contributed by atoms with Gasteiger partial charge in [-0.05, 0) is 25.0 Å². The number of hydrogen-bond donors (Lipinski definition) is 1. The van der Waals surface area contributed by atoms with Crippen LogP contribution < -0.4 is 10.2 Å². The molecule has 1 heterocycles. The van der Waals surface area contributed by atoms with Gasteiger partial charge in [0, 0.05) is 0 Å². The first-order valence-electron chi connectivity index (χ1n) is 5.91. The molecule has 6 heteroatoms. The van der Waals surface area contributed by atoms with Gasteiger partial charge in [0.15, 0.2) is 0 Å². The van der Waals surface area contributed by atoms with E-state index in [1.807, 2.05) is 0 Å². The second-order valence-corrected chi connectivity index (χ2v) is 4.33. The molecular formula is C13H13FN2O3. The van der Waals surface area contributed by atoms with Gasteiger partial charge in [-0.3, -0.25) is 14.9 Å². The Bertz CT molecular complexity index is 551. The molecule has 1 aliphatic rings. The number of amides is 4. The van der Waals surface area contributed by atoms with E-state index >= 15 is 0 Å². The van der Waals surface area contributed by atoms with Gasteiger partial charge in [0.2, 0.25) is 11.8 Å². The van der Waals surface area contributed by atoms with E-state index in [0.717, 1.165) is 0 Å². The summed E-state index contributed by atoms with van der Waals surface area (Å²) in [4.78, 5) is 36.2. The molecule has 0 bridgehead atoms. The molecular weight excluding hydrogens is 251 g/mol. The highest BCUT2D eigenvalue weighted by atomic mass is 19.1. The first-order chi connectivity index (χ1) is 8.97. The van der Waals surface area contributed by atoms with Crippen LogP contribution in [0.5, 0.6) is 0 Å². The molecule has 0 saturated carbocycles. The first kappa shape index (κ1) is 13.2. The van der Waals surface area contributed by atoms with Crippen molar-refractivity contribution in [1.82, 2.24) is 5.32 Å². The molecule has 0 aliphatic carbocycles. The summed E-state index contributed by atoms with van der Waals surface area (Å²) in [5.74, 6) is -2.96. The van der Waals surface area contributed by atoms with Gasteiger partial charge in [0.05, 0.1) is 5.69 Å². The summed E-state index contributed by atoms with van der Waals surface area (Å²) in [5.41, 5.74) is 0.351. The monoisotopic (exact) mass is 264 g/mol. The van der Waals surface area contributed by atoms with Crippen molar-refractivity contribution in [3.63, 3.8) is 0 Å². The Morgan fingerprint density at radius 2 is 2.00 bits per heavy atom. The number of aryl methyl sites for hydroxylation is 1. The summed E-state index contributed by atoms with van der Waals surface area (Å²) in [7, 11) is 0. The lowest BCUT2D eigenvalue weighted by molar-refractivity contribution is -0.134. The Hall–Kier alpha value is -2.24. The lowest BCUT2D eigenvalue weighted by Gasteiger charge is -2.30. The maximum absolute atomic E-state index is 13.9. The molecule has 0 aromatic heterocycles. The summed E-state index contributed by atoms with van der Waals surface area (Å²) >= 11 is 0. The molecule has 100 valence electrons. The highest BCUT2D eigenvalue weighted by Crippen LogP contribution is 2.28.